The van der Waals surface area contributed by atoms with Crippen LogP contribution in [0.5, 0.6) is 0 Å². The Bertz CT molecular complexity index is 437. The standard InChI is InChI=1S/C10H16N4O4S/c1-6-13-14-8(19-6)7(12-10(17)18)4-2-3-5-11-9(15)16/h7,11-12H,2-5H2,1H3,(H,15,16)(H,17,18). The van der Waals surface area contributed by atoms with Crippen molar-refractivity contribution in [3.05, 3.63) is 10.0 Å². The molecule has 0 fully saturated rings. The highest BCUT2D eigenvalue weighted by Gasteiger charge is 2.17. The second-order valence-electron chi connectivity index (χ2n) is 3.89. The minimum Gasteiger partial charge on any atom is -0.465 e. The number of rotatable bonds is 7. The van der Waals surface area contributed by atoms with Gasteiger partial charge in [0.05, 0.1) is 6.04 Å². The quantitative estimate of drug-likeness (QED) is 0.565. The van der Waals surface area contributed by atoms with Crippen LogP contribution in [-0.2, 0) is 0 Å². The van der Waals surface area contributed by atoms with Gasteiger partial charge in [0.1, 0.15) is 10.0 Å². The topological polar surface area (TPSA) is 124 Å². The normalized spacial score (nSPS) is 11.8. The van der Waals surface area contributed by atoms with Crippen LogP contribution in [-0.4, -0.2) is 39.1 Å². The van der Waals surface area contributed by atoms with E-state index in [1.807, 2.05) is 0 Å². The molecule has 0 bridgehead atoms. The average molecular weight is 288 g/mol. The second-order valence-corrected chi connectivity index (χ2v) is 5.10. The van der Waals surface area contributed by atoms with Gasteiger partial charge in [0, 0.05) is 6.54 Å². The molecule has 0 saturated heterocycles. The van der Waals surface area contributed by atoms with Crippen molar-refractivity contribution in [2.24, 2.45) is 0 Å². The summed E-state index contributed by atoms with van der Waals surface area (Å²) in [6, 6.07) is -0.395. The van der Waals surface area contributed by atoms with E-state index in [1.165, 1.54) is 11.3 Å². The number of aromatic nitrogens is 2. The molecule has 0 aromatic carbocycles. The Morgan fingerprint density at radius 1 is 1.26 bits per heavy atom. The van der Waals surface area contributed by atoms with Gasteiger partial charge in [-0.05, 0) is 26.2 Å². The highest BCUT2D eigenvalue weighted by Crippen LogP contribution is 2.22. The van der Waals surface area contributed by atoms with Crippen LogP contribution in [0.25, 0.3) is 0 Å². The fourth-order valence-electron chi connectivity index (χ4n) is 1.53. The summed E-state index contributed by atoms with van der Waals surface area (Å²) < 4.78 is 0. The number of carboxylic acid groups (broad SMARTS) is 2. The Kier molecular flexibility index (Phi) is 6.00. The molecule has 1 rings (SSSR count). The molecule has 0 aliphatic rings. The zero-order valence-corrected chi connectivity index (χ0v) is 11.2. The smallest absolute Gasteiger partial charge is 0.405 e. The number of nitrogens with one attached hydrogen (secondary N) is 2. The number of hydrogen-bond acceptors (Lipinski definition) is 5. The van der Waals surface area contributed by atoms with Crippen molar-refractivity contribution in [1.29, 1.82) is 0 Å². The molecular formula is C10H16N4O4S. The van der Waals surface area contributed by atoms with Crippen molar-refractivity contribution >= 4 is 23.5 Å². The molecule has 4 N–H and O–H groups in total. The number of unbranched alkanes of at least 4 members (excludes halogenated alkanes) is 1. The largest absolute Gasteiger partial charge is 0.465 e. The molecule has 0 aliphatic carbocycles. The Morgan fingerprint density at radius 2 is 2.00 bits per heavy atom. The maximum Gasteiger partial charge on any atom is 0.405 e. The number of aryl methyl sites for hydroxylation is 1. The van der Waals surface area contributed by atoms with Gasteiger partial charge in [0.25, 0.3) is 0 Å². The molecule has 1 unspecified atom stereocenters. The van der Waals surface area contributed by atoms with Crippen molar-refractivity contribution in [2.75, 3.05) is 6.54 Å². The molecule has 0 radical (unpaired) electrons. The van der Waals surface area contributed by atoms with Gasteiger partial charge in [-0.15, -0.1) is 10.2 Å². The number of nitrogens with zero attached hydrogens (tertiary/aromatic N) is 2. The Morgan fingerprint density at radius 3 is 2.53 bits per heavy atom. The van der Waals surface area contributed by atoms with Gasteiger partial charge in [0.2, 0.25) is 0 Å². The van der Waals surface area contributed by atoms with Crippen LogP contribution >= 0.6 is 11.3 Å². The molecule has 1 heterocycles. The summed E-state index contributed by atoms with van der Waals surface area (Å²) in [7, 11) is 0. The first-order valence-electron chi connectivity index (χ1n) is 5.75. The van der Waals surface area contributed by atoms with E-state index in [4.69, 9.17) is 10.2 Å². The predicted octanol–water partition coefficient (Wildman–Crippen LogP) is 1.59. The lowest BCUT2D eigenvalue weighted by Gasteiger charge is -2.13. The molecule has 19 heavy (non-hydrogen) atoms. The Balaban J connectivity index is 2.42. The second kappa shape index (κ2) is 7.52. The SMILES string of the molecule is Cc1nnc(C(CCCCNC(=O)O)NC(=O)O)s1. The summed E-state index contributed by atoms with van der Waals surface area (Å²) in [6.07, 6.45) is -0.282. The first-order chi connectivity index (χ1) is 8.99. The summed E-state index contributed by atoms with van der Waals surface area (Å²) in [4.78, 5) is 21.0. The fourth-order valence-corrected chi connectivity index (χ4v) is 2.31. The van der Waals surface area contributed by atoms with Crippen molar-refractivity contribution in [2.45, 2.75) is 32.2 Å². The minimum absolute atomic E-state index is 0.351. The zero-order chi connectivity index (χ0) is 14.3. The minimum atomic E-state index is -1.11. The van der Waals surface area contributed by atoms with Crippen molar-refractivity contribution in [1.82, 2.24) is 20.8 Å². The van der Waals surface area contributed by atoms with Gasteiger partial charge in [0.15, 0.2) is 0 Å². The van der Waals surface area contributed by atoms with Crippen molar-refractivity contribution < 1.29 is 19.8 Å². The van der Waals surface area contributed by atoms with Gasteiger partial charge in [-0.25, -0.2) is 9.59 Å². The molecule has 106 valence electrons. The Labute approximate surface area is 113 Å². The molecule has 0 spiro atoms. The average Bonchev–Trinajstić information content (AvgIpc) is 2.73. The maximum atomic E-state index is 10.7. The summed E-state index contributed by atoms with van der Waals surface area (Å²) >= 11 is 1.35. The van der Waals surface area contributed by atoms with Crippen LogP contribution in [0, 0.1) is 6.92 Å². The molecular weight excluding hydrogens is 272 g/mol. The van der Waals surface area contributed by atoms with Crippen molar-refractivity contribution in [3.8, 4) is 0 Å². The van der Waals surface area contributed by atoms with E-state index >= 15 is 0 Å². The van der Waals surface area contributed by atoms with E-state index < -0.39 is 18.2 Å². The van der Waals surface area contributed by atoms with Crippen LogP contribution < -0.4 is 10.6 Å². The van der Waals surface area contributed by atoms with Crippen LogP contribution in [0.2, 0.25) is 0 Å². The van der Waals surface area contributed by atoms with Crippen LogP contribution in [0.1, 0.15) is 35.3 Å². The summed E-state index contributed by atoms with van der Waals surface area (Å²) in [5, 5.41) is 31.0. The summed E-state index contributed by atoms with van der Waals surface area (Å²) in [5.74, 6) is 0. The lowest BCUT2D eigenvalue weighted by Crippen LogP contribution is -2.27. The van der Waals surface area contributed by atoms with Crippen molar-refractivity contribution in [3.63, 3.8) is 0 Å². The van der Waals surface area contributed by atoms with E-state index in [0.717, 1.165) is 5.01 Å². The fraction of sp³-hybridized carbons (Fsp3) is 0.600. The van der Waals surface area contributed by atoms with Crippen LogP contribution in [0.3, 0.4) is 0 Å². The molecule has 0 aliphatic heterocycles. The third-order valence-electron chi connectivity index (χ3n) is 2.33. The zero-order valence-electron chi connectivity index (χ0n) is 10.4. The van der Waals surface area contributed by atoms with Gasteiger partial charge >= 0.3 is 12.2 Å². The first-order valence-corrected chi connectivity index (χ1v) is 6.57. The molecule has 1 aromatic rings. The summed E-state index contributed by atoms with van der Waals surface area (Å²) in [6.45, 7) is 2.15. The molecule has 8 nitrogen and oxygen atoms in total. The predicted molar refractivity (Wildman–Crippen MR) is 68.4 cm³/mol. The molecule has 1 atom stereocenters. The van der Waals surface area contributed by atoms with Gasteiger partial charge in [-0.3, -0.25) is 0 Å². The van der Waals surface area contributed by atoms with E-state index in [-0.39, 0.29) is 0 Å². The van der Waals surface area contributed by atoms with Crippen LogP contribution in [0.15, 0.2) is 0 Å². The Hall–Kier alpha value is -1.90. The lowest BCUT2D eigenvalue weighted by molar-refractivity contribution is 0.189. The number of carbonyl (C=O) groups is 2. The third kappa shape index (κ3) is 6.00. The number of amides is 2. The number of hydrogen-bond donors (Lipinski definition) is 4. The molecule has 9 heteroatoms. The van der Waals surface area contributed by atoms with E-state index in [0.29, 0.717) is 30.8 Å². The molecule has 0 saturated carbocycles. The third-order valence-corrected chi connectivity index (χ3v) is 3.29. The highest BCUT2D eigenvalue weighted by molar-refractivity contribution is 7.11. The lowest BCUT2D eigenvalue weighted by atomic mass is 10.1. The van der Waals surface area contributed by atoms with E-state index in [2.05, 4.69) is 20.8 Å². The molecule has 2 amide bonds. The molecule has 1 aromatic heterocycles. The van der Waals surface area contributed by atoms with Gasteiger partial charge < -0.3 is 20.8 Å². The summed E-state index contributed by atoms with van der Waals surface area (Å²) in [5.41, 5.74) is 0. The monoisotopic (exact) mass is 288 g/mol. The van der Waals surface area contributed by atoms with E-state index in [1.54, 1.807) is 6.92 Å². The van der Waals surface area contributed by atoms with E-state index in [9.17, 15) is 9.59 Å². The van der Waals surface area contributed by atoms with Gasteiger partial charge in [-0.2, -0.15) is 0 Å². The van der Waals surface area contributed by atoms with Crippen LogP contribution in [0.4, 0.5) is 9.59 Å². The maximum absolute atomic E-state index is 10.7. The highest BCUT2D eigenvalue weighted by atomic mass is 32.1. The first kappa shape index (κ1) is 15.2. The van der Waals surface area contributed by atoms with Gasteiger partial charge in [-0.1, -0.05) is 11.3 Å².